The standard InChI is InChI=1S/C14H13F2N5OS2/c1-2-23-21(9-4-3-5-17-6-9)8-11-18-7-10(24-11)13-19-20-14(22-13)12(15)16/h3-7,12H,2,8H2,1H3. The van der Waals surface area contributed by atoms with Gasteiger partial charge in [0.05, 0.1) is 24.6 Å². The molecule has 0 aliphatic carbocycles. The maximum atomic E-state index is 12.5. The third-order valence-electron chi connectivity index (χ3n) is 2.89. The average molecular weight is 369 g/mol. The molecule has 0 saturated heterocycles. The summed E-state index contributed by atoms with van der Waals surface area (Å²) in [5.74, 6) is 0.276. The second-order valence-electron chi connectivity index (χ2n) is 4.53. The molecule has 3 heterocycles. The first-order valence-corrected chi connectivity index (χ1v) is 8.80. The van der Waals surface area contributed by atoms with E-state index < -0.39 is 12.3 Å². The van der Waals surface area contributed by atoms with Gasteiger partial charge >= 0.3 is 6.43 Å². The van der Waals surface area contributed by atoms with Gasteiger partial charge in [-0.25, -0.2) is 4.98 Å². The van der Waals surface area contributed by atoms with E-state index in [9.17, 15) is 8.78 Å². The topological polar surface area (TPSA) is 67.9 Å². The van der Waals surface area contributed by atoms with E-state index in [4.69, 9.17) is 4.42 Å². The van der Waals surface area contributed by atoms with E-state index in [1.807, 2.05) is 12.1 Å². The molecule has 3 aromatic heterocycles. The van der Waals surface area contributed by atoms with Crippen LogP contribution in [0.15, 0.2) is 35.1 Å². The fourth-order valence-corrected chi connectivity index (χ4v) is 3.59. The van der Waals surface area contributed by atoms with Gasteiger partial charge in [-0.3, -0.25) is 4.98 Å². The number of hydrogen-bond acceptors (Lipinski definition) is 8. The molecule has 0 aliphatic heterocycles. The summed E-state index contributed by atoms with van der Waals surface area (Å²) in [6.45, 7) is 2.62. The van der Waals surface area contributed by atoms with Crippen LogP contribution in [0.1, 0.15) is 24.2 Å². The predicted molar refractivity (Wildman–Crippen MR) is 88.9 cm³/mol. The lowest BCUT2D eigenvalue weighted by Crippen LogP contribution is -2.14. The highest BCUT2D eigenvalue weighted by Gasteiger charge is 2.19. The second kappa shape index (κ2) is 7.67. The number of rotatable bonds is 7. The van der Waals surface area contributed by atoms with Gasteiger partial charge in [-0.2, -0.15) is 8.78 Å². The second-order valence-corrected chi connectivity index (χ2v) is 6.92. The quantitative estimate of drug-likeness (QED) is 0.578. The first-order chi connectivity index (χ1) is 11.7. The molecule has 24 heavy (non-hydrogen) atoms. The van der Waals surface area contributed by atoms with E-state index in [-0.39, 0.29) is 5.89 Å². The van der Waals surface area contributed by atoms with Gasteiger partial charge in [0, 0.05) is 11.9 Å². The maximum Gasteiger partial charge on any atom is 0.314 e. The molecule has 0 fully saturated rings. The molecule has 3 aromatic rings. The maximum absolute atomic E-state index is 12.5. The highest BCUT2D eigenvalue weighted by atomic mass is 32.2. The van der Waals surface area contributed by atoms with Crippen molar-refractivity contribution < 1.29 is 13.2 Å². The van der Waals surface area contributed by atoms with Gasteiger partial charge in [0.2, 0.25) is 0 Å². The third kappa shape index (κ3) is 3.88. The van der Waals surface area contributed by atoms with Crippen molar-refractivity contribution in [1.82, 2.24) is 20.2 Å². The summed E-state index contributed by atoms with van der Waals surface area (Å²) < 4.78 is 32.1. The van der Waals surface area contributed by atoms with Gasteiger partial charge in [0.25, 0.3) is 11.8 Å². The van der Waals surface area contributed by atoms with Gasteiger partial charge < -0.3 is 8.72 Å². The van der Waals surface area contributed by atoms with Crippen molar-refractivity contribution in [3.63, 3.8) is 0 Å². The molecule has 0 aromatic carbocycles. The SMILES string of the molecule is CCSN(Cc1ncc(-c2nnc(C(F)F)o2)s1)c1cccnc1. The van der Waals surface area contributed by atoms with Crippen LogP contribution in [0.3, 0.4) is 0 Å². The van der Waals surface area contributed by atoms with Crippen molar-refractivity contribution in [1.29, 1.82) is 0 Å². The van der Waals surface area contributed by atoms with Crippen molar-refractivity contribution in [2.24, 2.45) is 0 Å². The summed E-state index contributed by atoms with van der Waals surface area (Å²) >= 11 is 2.98. The van der Waals surface area contributed by atoms with Gasteiger partial charge in [0.15, 0.2) is 0 Å². The van der Waals surface area contributed by atoms with Crippen LogP contribution in [0.5, 0.6) is 0 Å². The highest BCUT2D eigenvalue weighted by molar-refractivity contribution is 8.00. The summed E-state index contributed by atoms with van der Waals surface area (Å²) in [6.07, 6.45) is 2.28. The summed E-state index contributed by atoms with van der Waals surface area (Å²) in [7, 11) is 0. The van der Waals surface area contributed by atoms with Crippen LogP contribution >= 0.6 is 23.3 Å². The molecule has 3 rings (SSSR count). The van der Waals surface area contributed by atoms with Gasteiger partial charge in [-0.1, -0.05) is 6.92 Å². The lowest BCUT2D eigenvalue weighted by molar-refractivity contribution is 0.116. The molecule has 0 radical (unpaired) electrons. The molecule has 0 spiro atoms. The van der Waals surface area contributed by atoms with Gasteiger partial charge in [-0.05, 0) is 24.1 Å². The fourth-order valence-electron chi connectivity index (χ4n) is 1.90. The zero-order chi connectivity index (χ0) is 16.9. The number of anilines is 1. The predicted octanol–water partition coefficient (Wildman–Crippen LogP) is 4.20. The van der Waals surface area contributed by atoms with Crippen molar-refractivity contribution in [3.05, 3.63) is 41.6 Å². The molecular weight excluding hydrogens is 356 g/mol. The molecule has 10 heteroatoms. The first kappa shape index (κ1) is 16.8. The van der Waals surface area contributed by atoms with Crippen molar-refractivity contribution >= 4 is 29.0 Å². The molecule has 0 atom stereocenters. The molecule has 0 aliphatic rings. The Morgan fingerprint density at radius 2 is 2.21 bits per heavy atom. The highest BCUT2D eigenvalue weighted by Crippen LogP contribution is 2.30. The van der Waals surface area contributed by atoms with Crippen molar-refractivity contribution in [2.75, 3.05) is 10.1 Å². The van der Waals surface area contributed by atoms with E-state index in [1.54, 1.807) is 30.5 Å². The molecule has 0 N–H and O–H groups in total. The number of hydrogen-bond donors (Lipinski definition) is 0. The Morgan fingerprint density at radius 1 is 1.33 bits per heavy atom. The van der Waals surface area contributed by atoms with Crippen LogP contribution in [0, 0.1) is 0 Å². The summed E-state index contributed by atoms with van der Waals surface area (Å²) in [5, 5.41) is 7.78. The number of alkyl halides is 2. The Bertz CT molecular complexity index is 780. The van der Waals surface area contributed by atoms with Crippen LogP contribution in [-0.4, -0.2) is 25.9 Å². The molecule has 0 bridgehead atoms. The first-order valence-electron chi connectivity index (χ1n) is 7.04. The molecule has 126 valence electrons. The third-order valence-corrected chi connectivity index (χ3v) is 4.77. The smallest absolute Gasteiger partial charge is 0.314 e. The monoisotopic (exact) mass is 369 g/mol. The Hall–Kier alpha value is -2.07. The molecule has 0 unspecified atom stereocenters. The molecule has 0 amide bonds. The fraction of sp³-hybridized carbons (Fsp3) is 0.286. The van der Waals surface area contributed by atoms with E-state index in [2.05, 4.69) is 31.4 Å². The van der Waals surface area contributed by atoms with Crippen LogP contribution in [0.4, 0.5) is 14.5 Å². The largest absolute Gasteiger partial charge is 0.414 e. The van der Waals surface area contributed by atoms with Gasteiger partial charge in [-0.15, -0.1) is 21.5 Å². The van der Waals surface area contributed by atoms with Gasteiger partial charge in [0.1, 0.15) is 9.88 Å². The Balaban J connectivity index is 1.76. The minimum atomic E-state index is -2.78. The molecule has 6 nitrogen and oxygen atoms in total. The van der Waals surface area contributed by atoms with E-state index >= 15 is 0 Å². The Labute approximate surface area is 145 Å². The molecular formula is C14H13F2N5OS2. The van der Waals surface area contributed by atoms with Crippen molar-refractivity contribution in [2.45, 2.75) is 19.9 Å². The lowest BCUT2D eigenvalue weighted by Gasteiger charge is -2.20. The van der Waals surface area contributed by atoms with E-state index in [1.165, 1.54) is 11.3 Å². The Morgan fingerprint density at radius 3 is 2.88 bits per heavy atom. The average Bonchev–Trinajstić information content (AvgIpc) is 3.24. The van der Waals surface area contributed by atoms with E-state index in [0.717, 1.165) is 16.4 Å². The normalized spacial score (nSPS) is 11.2. The van der Waals surface area contributed by atoms with Crippen LogP contribution in [0.25, 0.3) is 10.8 Å². The van der Waals surface area contributed by atoms with Crippen LogP contribution in [0.2, 0.25) is 0 Å². The number of aromatic nitrogens is 4. The van der Waals surface area contributed by atoms with Crippen LogP contribution < -0.4 is 4.31 Å². The minimum absolute atomic E-state index is 0.0603. The van der Waals surface area contributed by atoms with Crippen molar-refractivity contribution in [3.8, 4) is 10.8 Å². The minimum Gasteiger partial charge on any atom is -0.414 e. The zero-order valence-corrected chi connectivity index (χ0v) is 14.2. The summed E-state index contributed by atoms with van der Waals surface area (Å²) in [6, 6.07) is 3.84. The van der Waals surface area contributed by atoms with E-state index in [0.29, 0.717) is 11.4 Å². The summed E-state index contributed by atoms with van der Waals surface area (Å²) in [5.41, 5.74) is 0.971. The van der Waals surface area contributed by atoms with Crippen LogP contribution in [-0.2, 0) is 6.54 Å². The lowest BCUT2D eigenvalue weighted by atomic mass is 10.4. The molecule has 0 saturated carbocycles. The number of pyridine rings is 1. The Kier molecular flexibility index (Phi) is 5.36. The zero-order valence-electron chi connectivity index (χ0n) is 12.6. The number of nitrogens with zero attached hydrogens (tertiary/aromatic N) is 5. The number of thiazole rings is 1. The number of halogens is 2. The summed E-state index contributed by atoms with van der Waals surface area (Å²) in [4.78, 5) is 9.01.